The molecule has 5 aromatic heterocycles. The summed E-state index contributed by atoms with van der Waals surface area (Å²) in [6.45, 7) is 54.6. The van der Waals surface area contributed by atoms with Gasteiger partial charge in [-0.15, -0.1) is 0 Å². The highest BCUT2D eigenvalue weighted by Gasteiger charge is 2.31. The van der Waals surface area contributed by atoms with Gasteiger partial charge in [0.15, 0.2) is 5.78 Å². The fourth-order valence-corrected chi connectivity index (χ4v) is 17.7. The van der Waals surface area contributed by atoms with Crippen LogP contribution in [0.25, 0.3) is 143 Å². The molecule has 0 saturated carbocycles. The molecule has 118 heavy (non-hydrogen) atoms. The third kappa shape index (κ3) is 13.7. The number of nitrogens with zero attached hydrogens (tertiary/aromatic N) is 5. The minimum Gasteiger partial charge on any atom is -0.309 e. The topological polar surface area (TPSA) is 49.7 Å². The molecule has 17 aromatic rings. The summed E-state index contributed by atoms with van der Waals surface area (Å²) in [6.07, 6.45) is 1.58. The second-order valence-corrected chi connectivity index (χ2v) is 41.8. The molecular weight excluding hydrogens is 1450 g/mol. The zero-order valence-electron chi connectivity index (χ0n) is 73.4. The number of carbonyl (C=O) groups excluding carboxylic acids is 1. The highest BCUT2D eigenvalue weighted by molar-refractivity contribution is 6.15. The van der Waals surface area contributed by atoms with Crippen LogP contribution in [0.4, 0.5) is 8.78 Å². The zero-order chi connectivity index (χ0) is 84.1. The van der Waals surface area contributed by atoms with E-state index in [4.69, 9.17) is 0 Å². The number of rotatable bonds is 9. The number of pyridine rings is 1. The second kappa shape index (κ2) is 27.3. The van der Waals surface area contributed by atoms with Crippen molar-refractivity contribution in [2.75, 3.05) is 0 Å². The molecule has 0 bridgehead atoms. The van der Waals surface area contributed by atoms with Gasteiger partial charge in [0.1, 0.15) is 11.6 Å². The summed E-state index contributed by atoms with van der Waals surface area (Å²) in [5, 5.41) is 9.14. The molecule has 596 valence electrons. The average molecular weight is 1560 g/mol. The standard InChI is InChI=1S/C110H111F2N5O/c1-103(2,3)69-28-38-92-82(54-69)83-55-70(104(4,5)6)29-39-93(83)114(92)77-50-66(51-78(62-77)115-94-40-30-71(105(7,8)9)56-84(94)85-57-72(106(10,11)12)31-41-95(85)115)64-47-65(49-68(48-64)102(118)100-90(111)37-36-81(101(100)112)91-27-25-26-46-113-91)67-52-79(116-96-42-32-73(107(13,14)15)58-86(96)87-59-74(108(16,17)18)33-43-97(87)116)63-80(53-67)117-98-44-34-75(109(19,20)21)60-88(98)89-61-76(110(22,23)24)35-45-99(89)117/h25-63H,1-24H3. The quantitative estimate of drug-likeness (QED) is 0.135. The van der Waals surface area contributed by atoms with Gasteiger partial charge in [0.05, 0.1) is 55.4 Å². The normalized spacial score (nSPS) is 13.2. The molecule has 0 amide bonds. The van der Waals surface area contributed by atoms with Crippen LogP contribution in [0.3, 0.4) is 0 Å². The minimum atomic E-state index is -0.985. The number of aromatic nitrogens is 5. The van der Waals surface area contributed by atoms with Crippen molar-refractivity contribution < 1.29 is 13.6 Å². The van der Waals surface area contributed by atoms with E-state index >= 15 is 13.6 Å². The predicted octanol–water partition coefficient (Wildman–Crippen LogP) is 30.4. The largest absolute Gasteiger partial charge is 0.309 e. The summed E-state index contributed by atoms with van der Waals surface area (Å²) in [4.78, 5) is 21.0. The molecule has 0 fully saturated rings. The Bertz CT molecular complexity index is 6040. The maximum Gasteiger partial charge on any atom is 0.199 e. The van der Waals surface area contributed by atoms with E-state index in [1.54, 1.807) is 24.4 Å². The lowest BCUT2D eigenvalue weighted by Gasteiger charge is -2.21. The van der Waals surface area contributed by atoms with Crippen LogP contribution < -0.4 is 0 Å². The van der Waals surface area contributed by atoms with Gasteiger partial charge in [0.2, 0.25) is 0 Å². The van der Waals surface area contributed by atoms with Gasteiger partial charge < -0.3 is 18.3 Å². The van der Waals surface area contributed by atoms with Gasteiger partial charge in [-0.2, -0.15) is 0 Å². The molecule has 0 saturated heterocycles. The Labute approximate surface area is 695 Å². The van der Waals surface area contributed by atoms with Crippen LogP contribution in [0.2, 0.25) is 0 Å². The molecule has 8 heteroatoms. The molecule has 5 heterocycles. The van der Waals surface area contributed by atoms with Crippen LogP contribution in [-0.4, -0.2) is 29.0 Å². The fourth-order valence-electron chi connectivity index (χ4n) is 17.7. The SMILES string of the molecule is CC(C)(C)c1ccc2c(c1)c1cc(C(C)(C)C)ccc1n2-c1cc(-c2cc(C(=O)c3c(F)ccc(-c4ccccn4)c3F)cc(-c3cc(-n4c5ccc(C(C)(C)C)cc5c5cc(C(C)(C)C)ccc54)cc(-n4c5ccc(C(C)(C)C)cc5c5cc(C(C)(C)C)ccc54)c3)c2)cc(-n2c3ccc(C(C)(C)C)cc3c3cc(C(C)(C)C)ccc32)c1. The van der Waals surface area contributed by atoms with Gasteiger partial charge in [-0.1, -0.05) is 221 Å². The third-order valence-electron chi connectivity index (χ3n) is 24.9. The zero-order valence-corrected chi connectivity index (χ0v) is 73.4. The van der Waals surface area contributed by atoms with Crippen LogP contribution in [0.15, 0.2) is 237 Å². The van der Waals surface area contributed by atoms with E-state index in [9.17, 15) is 0 Å². The molecule has 0 atom stereocenters. The van der Waals surface area contributed by atoms with Gasteiger partial charge in [-0.3, -0.25) is 9.78 Å². The molecule has 12 aromatic carbocycles. The van der Waals surface area contributed by atoms with Crippen molar-refractivity contribution in [1.82, 2.24) is 23.3 Å². The van der Waals surface area contributed by atoms with E-state index < -0.39 is 23.0 Å². The van der Waals surface area contributed by atoms with E-state index in [0.717, 1.165) is 121 Å². The molecule has 17 rings (SSSR count). The van der Waals surface area contributed by atoms with Gasteiger partial charge in [-0.05, 0) is 286 Å². The molecule has 0 N–H and O–H groups in total. The molecule has 0 aliphatic heterocycles. The van der Waals surface area contributed by atoms with E-state index in [0.29, 0.717) is 11.1 Å². The summed E-state index contributed by atoms with van der Waals surface area (Å²) in [5.74, 6) is -2.76. The van der Waals surface area contributed by atoms with E-state index in [-0.39, 0.29) is 60.1 Å². The number of carbonyl (C=O) groups is 1. The van der Waals surface area contributed by atoms with Crippen LogP contribution >= 0.6 is 0 Å². The first-order valence-corrected chi connectivity index (χ1v) is 42.0. The maximum absolute atomic E-state index is 18.1. The molecule has 6 nitrogen and oxygen atoms in total. The van der Waals surface area contributed by atoms with Crippen LogP contribution in [0, 0.1) is 11.6 Å². The van der Waals surface area contributed by atoms with E-state index in [1.807, 2.05) is 12.1 Å². The van der Waals surface area contributed by atoms with Crippen molar-refractivity contribution in [1.29, 1.82) is 0 Å². The molecule has 0 spiro atoms. The molecule has 0 radical (unpaired) electrons. The summed E-state index contributed by atoms with van der Waals surface area (Å²) in [6, 6.07) is 83.0. The van der Waals surface area contributed by atoms with Crippen molar-refractivity contribution in [3.8, 4) is 56.3 Å². The molecule has 0 aliphatic carbocycles. The Morgan fingerprint density at radius 3 is 0.720 bits per heavy atom. The second-order valence-electron chi connectivity index (χ2n) is 41.8. The smallest absolute Gasteiger partial charge is 0.199 e. The Kier molecular flexibility index (Phi) is 18.3. The number of hydrogen-bond donors (Lipinski definition) is 0. The van der Waals surface area contributed by atoms with Gasteiger partial charge in [-0.25, -0.2) is 8.78 Å². The first-order valence-electron chi connectivity index (χ1n) is 42.0. The number of hydrogen-bond acceptors (Lipinski definition) is 2. The van der Waals surface area contributed by atoms with Crippen molar-refractivity contribution in [2.24, 2.45) is 0 Å². The minimum absolute atomic E-state index is 0.0214. The van der Waals surface area contributed by atoms with Crippen LogP contribution in [-0.2, 0) is 43.3 Å². The maximum atomic E-state index is 18.1. The first-order chi connectivity index (χ1) is 55.3. The fraction of sp³-hybridized carbons (Fsp3) is 0.291. The van der Waals surface area contributed by atoms with E-state index in [1.165, 1.54) is 56.6 Å². The Hall–Kier alpha value is -11.5. The van der Waals surface area contributed by atoms with Crippen molar-refractivity contribution in [3.05, 3.63) is 304 Å². The third-order valence-corrected chi connectivity index (χ3v) is 24.9. The Balaban J connectivity index is 1.02. The first kappa shape index (κ1) is 79.0. The Morgan fingerprint density at radius 2 is 0.500 bits per heavy atom. The summed E-state index contributed by atoms with van der Waals surface area (Å²) in [5.41, 5.74) is 23.2. The summed E-state index contributed by atoms with van der Waals surface area (Å²) < 4.78 is 45.2. The Morgan fingerprint density at radius 1 is 0.263 bits per heavy atom. The average Bonchev–Trinajstić information content (AvgIpc) is 1.56. The van der Waals surface area contributed by atoms with Crippen LogP contribution in [0.1, 0.15) is 227 Å². The lowest BCUT2D eigenvalue weighted by molar-refractivity contribution is 0.103. The van der Waals surface area contributed by atoms with Crippen molar-refractivity contribution in [2.45, 2.75) is 209 Å². The number of halogens is 2. The number of ketones is 1. The molecule has 0 unspecified atom stereocenters. The summed E-state index contributed by atoms with van der Waals surface area (Å²) in [7, 11) is 0. The van der Waals surface area contributed by atoms with Gasteiger partial charge in [0.25, 0.3) is 0 Å². The van der Waals surface area contributed by atoms with Crippen molar-refractivity contribution >= 4 is 93.0 Å². The van der Waals surface area contributed by atoms with Gasteiger partial charge >= 0.3 is 0 Å². The van der Waals surface area contributed by atoms with E-state index in [2.05, 4.69) is 377 Å². The molecule has 0 aliphatic rings. The van der Waals surface area contributed by atoms with Gasteiger partial charge in [0, 0.05) is 83.2 Å². The summed E-state index contributed by atoms with van der Waals surface area (Å²) >= 11 is 0. The molecular formula is C110H111F2N5O. The number of benzene rings is 12. The van der Waals surface area contributed by atoms with Crippen LogP contribution in [0.5, 0.6) is 0 Å². The lowest BCUT2D eigenvalue weighted by atomic mass is 9.85. The number of fused-ring (bicyclic) bond motifs is 12. The predicted molar refractivity (Wildman–Crippen MR) is 497 cm³/mol. The highest BCUT2D eigenvalue weighted by Crippen LogP contribution is 2.48. The highest BCUT2D eigenvalue weighted by atomic mass is 19.1. The monoisotopic (exact) mass is 1560 g/mol. The van der Waals surface area contributed by atoms with Crippen molar-refractivity contribution in [3.63, 3.8) is 0 Å². The lowest BCUT2D eigenvalue weighted by Crippen LogP contribution is -2.10.